The van der Waals surface area contributed by atoms with Crippen LogP contribution in [0, 0.1) is 13.8 Å². The van der Waals surface area contributed by atoms with Crippen LogP contribution in [0.5, 0.6) is 23.0 Å². The minimum atomic E-state index is 0.801. The molecule has 0 aliphatic carbocycles. The lowest BCUT2D eigenvalue weighted by molar-refractivity contribution is 0.403. The van der Waals surface area contributed by atoms with Gasteiger partial charge in [-0.2, -0.15) is 0 Å². The van der Waals surface area contributed by atoms with Gasteiger partial charge in [-0.15, -0.1) is 0 Å². The second kappa shape index (κ2) is 11.2. The van der Waals surface area contributed by atoms with E-state index in [2.05, 4.69) is 86.6 Å². The second-order valence-electron chi connectivity index (χ2n) is 8.81. The van der Waals surface area contributed by atoms with Gasteiger partial charge in [0.1, 0.15) is 23.0 Å². The summed E-state index contributed by atoms with van der Waals surface area (Å²) in [6.07, 6.45) is 1.60. The fourth-order valence-corrected chi connectivity index (χ4v) is 5.01. The fourth-order valence-electron chi connectivity index (χ4n) is 5.01. The van der Waals surface area contributed by atoms with Crippen LogP contribution in [0.2, 0.25) is 0 Å². The summed E-state index contributed by atoms with van der Waals surface area (Å²) < 4.78 is 23.4. The molecule has 36 heavy (non-hydrogen) atoms. The Hall–Kier alpha value is -3.92. The van der Waals surface area contributed by atoms with Crippen LogP contribution in [0.1, 0.15) is 22.3 Å². The maximum atomic E-state index is 5.95. The molecule has 4 nitrogen and oxygen atoms in total. The van der Waals surface area contributed by atoms with Crippen LogP contribution in [-0.4, -0.2) is 28.4 Å². The number of ether oxygens (including phenoxy) is 4. The van der Waals surface area contributed by atoms with Gasteiger partial charge in [0.05, 0.1) is 28.4 Å². The van der Waals surface area contributed by atoms with Gasteiger partial charge < -0.3 is 18.9 Å². The first-order valence-electron chi connectivity index (χ1n) is 12.1. The molecule has 4 heteroatoms. The zero-order valence-electron chi connectivity index (χ0n) is 22.0. The molecular weight excluding hydrogens is 448 g/mol. The molecule has 0 fully saturated rings. The molecule has 0 amide bonds. The molecule has 0 spiro atoms. The highest BCUT2D eigenvalue weighted by Crippen LogP contribution is 2.42. The van der Waals surface area contributed by atoms with E-state index < -0.39 is 0 Å². The van der Waals surface area contributed by atoms with Gasteiger partial charge in [0.2, 0.25) is 0 Å². The summed E-state index contributed by atoms with van der Waals surface area (Å²) in [7, 11) is 6.89. The number of para-hydroxylation sites is 4. The highest BCUT2D eigenvalue weighted by atomic mass is 16.5. The fraction of sp³-hybridized carbons (Fsp3) is 0.250. The molecule has 0 aliphatic rings. The predicted octanol–water partition coefficient (Wildman–Crippen LogP) is 7.46. The average Bonchev–Trinajstić information content (AvgIpc) is 2.90. The van der Waals surface area contributed by atoms with Crippen molar-refractivity contribution in [3.05, 3.63) is 95.1 Å². The highest BCUT2D eigenvalue weighted by molar-refractivity contribution is 5.79. The van der Waals surface area contributed by atoms with Crippen molar-refractivity contribution >= 4 is 0 Å². The molecule has 4 aromatic rings. The maximum absolute atomic E-state index is 5.95. The van der Waals surface area contributed by atoms with Gasteiger partial charge in [0.25, 0.3) is 0 Å². The third-order valence-corrected chi connectivity index (χ3v) is 6.68. The average molecular weight is 483 g/mol. The smallest absolute Gasteiger partial charge is 0.130 e. The van der Waals surface area contributed by atoms with E-state index in [9.17, 15) is 0 Å². The van der Waals surface area contributed by atoms with Crippen LogP contribution in [0.4, 0.5) is 0 Å². The van der Waals surface area contributed by atoms with E-state index in [0.717, 1.165) is 80.3 Å². The summed E-state index contributed by atoms with van der Waals surface area (Å²) in [5.74, 6) is 3.48. The van der Waals surface area contributed by atoms with Crippen LogP contribution < -0.4 is 18.9 Å². The van der Waals surface area contributed by atoms with E-state index in [1.165, 1.54) is 0 Å². The summed E-state index contributed by atoms with van der Waals surface area (Å²) in [4.78, 5) is 0. The van der Waals surface area contributed by atoms with Crippen LogP contribution in [0.25, 0.3) is 22.3 Å². The SMILES string of the molecule is COc1c(C)cccc1-c1cccc(CCc2cccc(-c3cccc(C)c3OC)c2OC)c1OC. The summed E-state index contributed by atoms with van der Waals surface area (Å²) in [6, 6.07) is 25.0. The number of hydrogen-bond donors (Lipinski definition) is 0. The highest BCUT2D eigenvalue weighted by Gasteiger charge is 2.18. The van der Waals surface area contributed by atoms with Crippen molar-refractivity contribution in [2.24, 2.45) is 0 Å². The Bertz CT molecular complexity index is 1250. The van der Waals surface area contributed by atoms with Crippen LogP contribution >= 0.6 is 0 Å². The Labute approximate surface area is 214 Å². The maximum Gasteiger partial charge on any atom is 0.130 e. The molecule has 0 N–H and O–H groups in total. The minimum absolute atomic E-state index is 0.801. The third kappa shape index (κ3) is 4.76. The lowest BCUT2D eigenvalue weighted by Gasteiger charge is -2.19. The Balaban J connectivity index is 1.71. The Morgan fingerprint density at radius 1 is 0.417 bits per heavy atom. The van der Waals surface area contributed by atoms with Crippen molar-refractivity contribution in [2.45, 2.75) is 26.7 Å². The summed E-state index contributed by atoms with van der Waals surface area (Å²) in [6.45, 7) is 4.11. The van der Waals surface area contributed by atoms with E-state index in [0.29, 0.717) is 0 Å². The van der Waals surface area contributed by atoms with Crippen molar-refractivity contribution in [1.29, 1.82) is 0 Å². The van der Waals surface area contributed by atoms with Crippen molar-refractivity contribution in [3.8, 4) is 45.3 Å². The molecule has 0 atom stereocenters. The number of aryl methyl sites for hydroxylation is 4. The van der Waals surface area contributed by atoms with Gasteiger partial charge >= 0.3 is 0 Å². The second-order valence-corrected chi connectivity index (χ2v) is 8.81. The zero-order valence-corrected chi connectivity index (χ0v) is 22.0. The largest absolute Gasteiger partial charge is 0.496 e. The molecule has 4 aromatic carbocycles. The van der Waals surface area contributed by atoms with Crippen molar-refractivity contribution < 1.29 is 18.9 Å². The van der Waals surface area contributed by atoms with Crippen molar-refractivity contribution in [1.82, 2.24) is 0 Å². The van der Waals surface area contributed by atoms with Gasteiger partial charge in [-0.3, -0.25) is 0 Å². The standard InChI is InChI=1S/C32H34O4/c1-21-11-7-15-25(29(21)33-3)27-17-9-13-23(31(27)35-5)19-20-24-14-10-18-28(32(24)36-6)26-16-8-12-22(2)30(26)34-4/h7-18H,19-20H2,1-6H3. The van der Waals surface area contributed by atoms with Gasteiger partial charge in [0, 0.05) is 22.3 Å². The predicted molar refractivity (Wildman–Crippen MR) is 147 cm³/mol. The zero-order chi connectivity index (χ0) is 25.7. The van der Waals surface area contributed by atoms with Crippen LogP contribution in [0.3, 0.4) is 0 Å². The molecule has 0 aliphatic heterocycles. The first-order valence-corrected chi connectivity index (χ1v) is 12.1. The van der Waals surface area contributed by atoms with E-state index in [4.69, 9.17) is 18.9 Å². The Morgan fingerprint density at radius 3 is 1.06 bits per heavy atom. The molecule has 0 saturated carbocycles. The van der Waals surface area contributed by atoms with E-state index in [1.54, 1.807) is 28.4 Å². The van der Waals surface area contributed by atoms with Gasteiger partial charge in [-0.05, 0) is 48.9 Å². The van der Waals surface area contributed by atoms with Crippen LogP contribution in [-0.2, 0) is 12.8 Å². The Morgan fingerprint density at radius 2 is 0.722 bits per heavy atom. The quantitative estimate of drug-likeness (QED) is 0.248. The first kappa shape index (κ1) is 25.2. The topological polar surface area (TPSA) is 36.9 Å². The summed E-state index contributed by atoms with van der Waals surface area (Å²) in [5, 5.41) is 0. The Kier molecular flexibility index (Phi) is 7.84. The number of hydrogen-bond acceptors (Lipinski definition) is 4. The molecule has 0 bridgehead atoms. The third-order valence-electron chi connectivity index (χ3n) is 6.68. The molecule has 186 valence electrons. The van der Waals surface area contributed by atoms with Crippen molar-refractivity contribution in [3.63, 3.8) is 0 Å². The van der Waals surface area contributed by atoms with Gasteiger partial charge in [-0.25, -0.2) is 0 Å². The first-order chi connectivity index (χ1) is 17.5. The molecule has 0 saturated heterocycles. The number of rotatable bonds is 9. The van der Waals surface area contributed by atoms with E-state index in [-0.39, 0.29) is 0 Å². The molecule has 0 heterocycles. The summed E-state index contributed by atoms with van der Waals surface area (Å²) >= 11 is 0. The molecule has 0 aromatic heterocycles. The molecule has 4 rings (SSSR count). The van der Waals surface area contributed by atoms with Crippen LogP contribution in [0.15, 0.2) is 72.8 Å². The molecule has 0 radical (unpaired) electrons. The van der Waals surface area contributed by atoms with Gasteiger partial charge in [-0.1, -0.05) is 72.8 Å². The lowest BCUT2D eigenvalue weighted by atomic mass is 9.94. The number of benzene rings is 4. The molecular formula is C32H34O4. The van der Waals surface area contributed by atoms with Gasteiger partial charge in [0.15, 0.2) is 0 Å². The van der Waals surface area contributed by atoms with E-state index in [1.807, 2.05) is 0 Å². The lowest BCUT2D eigenvalue weighted by Crippen LogP contribution is -2.01. The normalized spacial score (nSPS) is 10.7. The summed E-state index contributed by atoms with van der Waals surface area (Å²) in [5.41, 5.74) is 8.58. The molecule has 0 unspecified atom stereocenters. The minimum Gasteiger partial charge on any atom is -0.496 e. The van der Waals surface area contributed by atoms with Crippen molar-refractivity contribution in [2.75, 3.05) is 28.4 Å². The number of methoxy groups -OCH3 is 4. The monoisotopic (exact) mass is 482 g/mol. The van der Waals surface area contributed by atoms with E-state index >= 15 is 0 Å².